The van der Waals surface area contributed by atoms with E-state index in [-0.39, 0.29) is 0 Å². The van der Waals surface area contributed by atoms with Gasteiger partial charge < -0.3 is 0 Å². The van der Waals surface area contributed by atoms with E-state index in [4.69, 9.17) is 0 Å². The van der Waals surface area contributed by atoms with E-state index in [9.17, 15) is 0 Å². The maximum absolute atomic E-state index is 2.52. The monoisotopic (exact) mass is 495 g/mol. The molecule has 0 spiro atoms. The normalized spacial score (nSPS) is 17.0. The van der Waals surface area contributed by atoms with Gasteiger partial charge in [-0.25, -0.2) is 0 Å². The molecule has 0 N–H and O–H groups in total. The molecule has 0 fully saturated rings. The Balaban J connectivity index is 3.63. The van der Waals surface area contributed by atoms with Gasteiger partial charge in [0.2, 0.25) is 0 Å². The largest absolute Gasteiger partial charge is 0.0695 e. The molecule has 0 aliphatic carbocycles. The summed E-state index contributed by atoms with van der Waals surface area (Å²) < 4.78 is 0. The molecule has 0 amide bonds. The second-order valence-corrected chi connectivity index (χ2v) is 20.2. The average molecular weight is 495 g/mol. The van der Waals surface area contributed by atoms with Crippen LogP contribution in [-0.2, 0) is 0 Å². The van der Waals surface area contributed by atoms with Gasteiger partial charge in [-0.3, -0.25) is 0 Å². The molecule has 5 unspecified atom stereocenters. The van der Waals surface area contributed by atoms with E-state index in [2.05, 4.69) is 68.1 Å². The SMILES string of the molecule is CC(C)CCCC(C)CCCC(C)CCCCC(C)CCCC(C)CCCC(C)C[Si](C)(C)C. The summed E-state index contributed by atoms with van der Waals surface area (Å²) in [6.07, 6.45) is 23.2. The standard InChI is InChI=1S/C33H70Si/c1-28(2)17-13-20-31(5)23-14-21-29(3)18-11-12-19-30(4)22-15-24-32(6)25-16-26-33(7)27-34(8,9)10/h28-33H,11-27H2,1-10H3. The molecule has 0 aromatic rings. The number of hydrogen-bond donors (Lipinski definition) is 0. The van der Waals surface area contributed by atoms with Gasteiger partial charge >= 0.3 is 0 Å². The maximum Gasteiger partial charge on any atom is 0.0445 e. The van der Waals surface area contributed by atoms with Gasteiger partial charge in [-0.2, -0.15) is 0 Å². The second kappa shape index (κ2) is 20.3. The Labute approximate surface area is 220 Å². The van der Waals surface area contributed by atoms with Gasteiger partial charge in [-0.05, 0) is 35.5 Å². The maximum atomic E-state index is 2.52. The van der Waals surface area contributed by atoms with Crippen LogP contribution >= 0.6 is 0 Å². The van der Waals surface area contributed by atoms with Gasteiger partial charge in [0.15, 0.2) is 0 Å². The van der Waals surface area contributed by atoms with Gasteiger partial charge in [-0.15, -0.1) is 0 Å². The van der Waals surface area contributed by atoms with Crippen LogP contribution in [0.2, 0.25) is 25.7 Å². The molecule has 34 heavy (non-hydrogen) atoms. The molecule has 0 aromatic carbocycles. The zero-order chi connectivity index (χ0) is 26.0. The molecule has 5 atom stereocenters. The lowest BCUT2D eigenvalue weighted by Crippen LogP contribution is -2.22. The van der Waals surface area contributed by atoms with Crippen LogP contribution in [0.3, 0.4) is 0 Å². The van der Waals surface area contributed by atoms with E-state index in [1.54, 1.807) is 0 Å². The predicted molar refractivity (Wildman–Crippen MR) is 163 cm³/mol. The van der Waals surface area contributed by atoms with Crippen LogP contribution in [-0.4, -0.2) is 8.07 Å². The quantitative estimate of drug-likeness (QED) is 0.0978. The van der Waals surface area contributed by atoms with E-state index in [0.29, 0.717) is 0 Å². The minimum Gasteiger partial charge on any atom is -0.0695 e. The van der Waals surface area contributed by atoms with E-state index >= 15 is 0 Å². The molecule has 0 rings (SSSR count). The average Bonchev–Trinajstić information content (AvgIpc) is 2.69. The highest BCUT2D eigenvalue weighted by atomic mass is 28.3. The third-order valence-corrected chi connectivity index (χ3v) is 10.2. The summed E-state index contributed by atoms with van der Waals surface area (Å²) in [5.74, 6) is 5.57. The van der Waals surface area contributed by atoms with Crippen molar-refractivity contribution in [2.24, 2.45) is 35.5 Å². The van der Waals surface area contributed by atoms with Crippen molar-refractivity contribution >= 4 is 8.07 Å². The number of rotatable bonds is 23. The van der Waals surface area contributed by atoms with Crippen molar-refractivity contribution in [3.05, 3.63) is 0 Å². The van der Waals surface area contributed by atoms with Gasteiger partial charge in [0, 0.05) is 8.07 Å². The molecule has 0 aliphatic heterocycles. The molecule has 0 radical (unpaired) electrons. The fraction of sp³-hybridized carbons (Fsp3) is 1.00. The summed E-state index contributed by atoms with van der Waals surface area (Å²) in [6, 6.07) is 1.51. The van der Waals surface area contributed by atoms with E-state index < -0.39 is 8.07 Å². The van der Waals surface area contributed by atoms with Crippen molar-refractivity contribution in [1.29, 1.82) is 0 Å². The van der Waals surface area contributed by atoms with Crippen LogP contribution < -0.4 is 0 Å². The van der Waals surface area contributed by atoms with Crippen molar-refractivity contribution < 1.29 is 0 Å². The summed E-state index contributed by atoms with van der Waals surface area (Å²) in [5, 5.41) is 0. The first-order valence-corrected chi connectivity index (χ1v) is 19.6. The molecule has 206 valence electrons. The molecule has 0 saturated carbocycles. The minimum atomic E-state index is -0.869. The number of hydrogen-bond acceptors (Lipinski definition) is 0. The van der Waals surface area contributed by atoms with Crippen molar-refractivity contribution in [2.75, 3.05) is 0 Å². The van der Waals surface area contributed by atoms with Crippen LogP contribution in [0.25, 0.3) is 0 Å². The zero-order valence-electron chi connectivity index (χ0n) is 26.0. The van der Waals surface area contributed by atoms with Gasteiger partial charge in [-0.1, -0.05) is 177 Å². The third-order valence-electron chi connectivity index (χ3n) is 8.26. The summed E-state index contributed by atoms with van der Waals surface area (Å²) in [5.41, 5.74) is 0. The smallest absolute Gasteiger partial charge is 0.0445 e. The molecular weight excluding hydrogens is 424 g/mol. The summed E-state index contributed by atoms with van der Waals surface area (Å²) >= 11 is 0. The first-order chi connectivity index (χ1) is 15.9. The molecular formula is C33H70Si. The highest BCUT2D eigenvalue weighted by Crippen LogP contribution is 2.26. The lowest BCUT2D eigenvalue weighted by molar-refractivity contribution is 0.369. The molecule has 0 aliphatic rings. The van der Waals surface area contributed by atoms with Crippen molar-refractivity contribution in [1.82, 2.24) is 0 Å². The van der Waals surface area contributed by atoms with Crippen LogP contribution in [0.15, 0.2) is 0 Å². The van der Waals surface area contributed by atoms with Crippen LogP contribution in [0.5, 0.6) is 0 Å². The highest BCUT2D eigenvalue weighted by molar-refractivity contribution is 6.76. The first kappa shape index (κ1) is 34.2. The van der Waals surface area contributed by atoms with Gasteiger partial charge in [0.1, 0.15) is 0 Å². The van der Waals surface area contributed by atoms with E-state index in [1.807, 2.05) is 0 Å². The Morgan fingerprint density at radius 3 is 0.912 bits per heavy atom. The van der Waals surface area contributed by atoms with E-state index in [0.717, 1.165) is 35.5 Å². The molecule has 0 nitrogen and oxygen atoms in total. The molecule has 0 aromatic heterocycles. The molecule has 0 bridgehead atoms. The third kappa shape index (κ3) is 23.9. The number of unbranched alkanes of at least 4 members (excludes halogenated alkanes) is 1. The summed E-state index contributed by atoms with van der Waals surface area (Å²) in [7, 11) is -0.869. The Bertz CT molecular complexity index is 434. The second-order valence-electron chi connectivity index (χ2n) is 14.7. The van der Waals surface area contributed by atoms with Gasteiger partial charge in [0.05, 0.1) is 0 Å². The van der Waals surface area contributed by atoms with Crippen LogP contribution in [0, 0.1) is 35.5 Å². The Kier molecular flexibility index (Phi) is 20.4. The lowest BCUT2D eigenvalue weighted by atomic mass is 9.90. The highest BCUT2D eigenvalue weighted by Gasteiger charge is 2.17. The van der Waals surface area contributed by atoms with Crippen molar-refractivity contribution in [2.45, 2.75) is 177 Å². The minimum absolute atomic E-state index is 0.869. The van der Waals surface area contributed by atoms with Crippen LogP contribution in [0.1, 0.15) is 151 Å². The van der Waals surface area contributed by atoms with Gasteiger partial charge in [0.25, 0.3) is 0 Å². The summed E-state index contributed by atoms with van der Waals surface area (Å²) in [4.78, 5) is 0. The molecule has 0 heterocycles. The first-order valence-electron chi connectivity index (χ1n) is 15.9. The topological polar surface area (TPSA) is 0 Å². The summed E-state index contributed by atoms with van der Waals surface area (Å²) in [6.45, 7) is 24.7. The Morgan fingerprint density at radius 1 is 0.353 bits per heavy atom. The zero-order valence-corrected chi connectivity index (χ0v) is 27.0. The van der Waals surface area contributed by atoms with Crippen molar-refractivity contribution in [3.63, 3.8) is 0 Å². The molecule has 1 heteroatoms. The fourth-order valence-electron chi connectivity index (χ4n) is 6.03. The molecule has 0 saturated heterocycles. The Hall–Kier alpha value is 0.217. The lowest BCUT2D eigenvalue weighted by Gasteiger charge is -2.22. The van der Waals surface area contributed by atoms with Crippen LogP contribution in [0.4, 0.5) is 0 Å². The van der Waals surface area contributed by atoms with Crippen molar-refractivity contribution in [3.8, 4) is 0 Å². The Morgan fingerprint density at radius 2 is 0.618 bits per heavy atom. The predicted octanol–water partition coefficient (Wildman–Crippen LogP) is 12.4. The van der Waals surface area contributed by atoms with E-state index in [1.165, 1.54) is 109 Å². The fourth-order valence-corrected chi connectivity index (χ4v) is 8.32.